The lowest BCUT2D eigenvalue weighted by molar-refractivity contribution is 0.641. The zero-order valence-electron chi connectivity index (χ0n) is 22.4. The minimum atomic E-state index is -0.120. The summed E-state index contributed by atoms with van der Waals surface area (Å²) < 4.78 is 0. The van der Waals surface area contributed by atoms with Crippen LogP contribution in [-0.4, -0.2) is 5.84 Å². The Morgan fingerprint density at radius 1 is 0.513 bits per heavy atom. The van der Waals surface area contributed by atoms with Gasteiger partial charge in [-0.25, -0.2) is 0 Å². The van der Waals surface area contributed by atoms with Crippen molar-refractivity contribution in [1.29, 1.82) is 0 Å². The van der Waals surface area contributed by atoms with Crippen molar-refractivity contribution in [2.75, 3.05) is 0 Å². The molecule has 1 N–H and O–H groups in total. The van der Waals surface area contributed by atoms with Crippen LogP contribution >= 0.6 is 0 Å². The van der Waals surface area contributed by atoms with Crippen LogP contribution in [0.25, 0.3) is 16.8 Å². The highest BCUT2D eigenvalue weighted by atomic mass is 15.0. The first kappa shape index (κ1) is 24.6. The first-order valence-electron chi connectivity index (χ1n) is 13.5. The second-order valence-electron chi connectivity index (χ2n) is 10.6. The maximum atomic E-state index is 5.05. The smallest absolute Gasteiger partial charge is 0.133 e. The van der Waals surface area contributed by atoms with Crippen LogP contribution in [0.2, 0.25) is 0 Å². The molecule has 1 aliphatic rings. The maximum Gasteiger partial charge on any atom is 0.133 e. The van der Waals surface area contributed by atoms with Gasteiger partial charge < -0.3 is 5.32 Å². The second-order valence-corrected chi connectivity index (χ2v) is 10.6. The molecule has 0 aromatic heterocycles. The molecule has 0 radical (unpaired) electrons. The Morgan fingerprint density at radius 2 is 0.974 bits per heavy atom. The molecule has 1 unspecified atom stereocenters. The van der Waals surface area contributed by atoms with Crippen LogP contribution < -0.4 is 5.32 Å². The molecular formula is C37H32N2. The minimum absolute atomic E-state index is 0.0445. The molecule has 39 heavy (non-hydrogen) atoms. The first-order chi connectivity index (χ1) is 19.1. The third-order valence-corrected chi connectivity index (χ3v) is 7.67. The topological polar surface area (TPSA) is 24.4 Å². The molecule has 0 amide bonds. The van der Waals surface area contributed by atoms with E-state index in [2.05, 4.69) is 153 Å². The number of nitrogens with zero attached hydrogens (tertiary/aromatic N) is 1. The molecule has 5 aromatic carbocycles. The average Bonchev–Trinajstić information content (AvgIpc) is 3.02. The molecule has 0 saturated carbocycles. The predicted octanol–water partition coefficient (Wildman–Crippen LogP) is 8.81. The van der Waals surface area contributed by atoms with Gasteiger partial charge in [-0.3, -0.25) is 4.99 Å². The van der Waals surface area contributed by atoms with Crippen molar-refractivity contribution in [3.05, 3.63) is 173 Å². The molecule has 1 aliphatic heterocycles. The Kier molecular flexibility index (Phi) is 6.69. The summed E-state index contributed by atoms with van der Waals surface area (Å²) in [5.74, 6) is 0.893. The van der Waals surface area contributed by atoms with Crippen molar-refractivity contribution in [1.82, 2.24) is 5.32 Å². The number of hydrogen-bond donors (Lipinski definition) is 1. The summed E-state index contributed by atoms with van der Waals surface area (Å²) in [7, 11) is 0. The predicted molar refractivity (Wildman–Crippen MR) is 164 cm³/mol. The molecule has 5 aromatic rings. The van der Waals surface area contributed by atoms with Crippen molar-refractivity contribution in [3.63, 3.8) is 0 Å². The molecule has 0 aliphatic carbocycles. The SMILES string of the molecule is CC(C)(c1ccc(C2=CC(c3ccccc3)N=C(c3ccccc3)N2)cc1)c1ccc(-c2ccccc2)cc1. The van der Waals surface area contributed by atoms with Crippen molar-refractivity contribution < 1.29 is 0 Å². The van der Waals surface area contributed by atoms with Gasteiger partial charge in [-0.15, -0.1) is 0 Å². The van der Waals surface area contributed by atoms with Gasteiger partial charge in [0, 0.05) is 16.7 Å². The van der Waals surface area contributed by atoms with Crippen LogP contribution in [-0.2, 0) is 5.41 Å². The van der Waals surface area contributed by atoms with Crippen LogP contribution in [0.3, 0.4) is 0 Å². The Labute approximate surface area is 231 Å². The van der Waals surface area contributed by atoms with E-state index in [9.17, 15) is 0 Å². The van der Waals surface area contributed by atoms with Gasteiger partial charge in [0.2, 0.25) is 0 Å². The van der Waals surface area contributed by atoms with Gasteiger partial charge in [0.1, 0.15) is 5.84 Å². The van der Waals surface area contributed by atoms with Crippen molar-refractivity contribution in [2.24, 2.45) is 4.99 Å². The van der Waals surface area contributed by atoms with Gasteiger partial charge in [-0.2, -0.15) is 0 Å². The van der Waals surface area contributed by atoms with E-state index in [-0.39, 0.29) is 11.5 Å². The molecule has 0 spiro atoms. The molecule has 0 fully saturated rings. The molecule has 1 atom stereocenters. The maximum absolute atomic E-state index is 5.05. The average molecular weight is 505 g/mol. The monoisotopic (exact) mass is 504 g/mol. The second kappa shape index (κ2) is 10.6. The van der Waals surface area contributed by atoms with Crippen molar-refractivity contribution in [3.8, 4) is 11.1 Å². The Bertz CT molecular complexity index is 1600. The van der Waals surface area contributed by atoms with E-state index in [0.29, 0.717) is 0 Å². The molecule has 0 saturated heterocycles. The first-order valence-corrected chi connectivity index (χ1v) is 13.5. The molecule has 190 valence electrons. The molecular weight excluding hydrogens is 472 g/mol. The summed E-state index contributed by atoms with van der Waals surface area (Å²) in [6, 6.07) is 49.3. The highest BCUT2D eigenvalue weighted by Crippen LogP contribution is 2.34. The molecule has 2 heteroatoms. The largest absolute Gasteiger partial charge is 0.340 e. The normalized spacial score (nSPS) is 15.2. The van der Waals surface area contributed by atoms with E-state index in [1.54, 1.807) is 0 Å². The minimum Gasteiger partial charge on any atom is -0.340 e. The highest BCUT2D eigenvalue weighted by molar-refractivity contribution is 6.04. The van der Waals surface area contributed by atoms with E-state index in [0.717, 1.165) is 22.7 Å². The van der Waals surface area contributed by atoms with Gasteiger partial charge in [-0.05, 0) is 39.5 Å². The fourth-order valence-electron chi connectivity index (χ4n) is 5.21. The third-order valence-electron chi connectivity index (χ3n) is 7.67. The summed E-state index contributed by atoms with van der Waals surface area (Å²) in [6.45, 7) is 4.59. The number of benzene rings is 5. The van der Waals surface area contributed by atoms with Gasteiger partial charge in [0.25, 0.3) is 0 Å². The quantitative estimate of drug-likeness (QED) is 0.245. The van der Waals surface area contributed by atoms with Gasteiger partial charge in [-0.1, -0.05) is 153 Å². The lowest BCUT2D eigenvalue weighted by Crippen LogP contribution is -2.27. The lowest BCUT2D eigenvalue weighted by Gasteiger charge is -2.27. The molecule has 6 rings (SSSR count). The number of aliphatic imine (C=N–C) groups is 1. The molecule has 2 nitrogen and oxygen atoms in total. The Hall–Kier alpha value is -4.69. The van der Waals surface area contributed by atoms with E-state index in [4.69, 9.17) is 4.99 Å². The van der Waals surface area contributed by atoms with Crippen LogP contribution in [0.5, 0.6) is 0 Å². The molecule has 1 heterocycles. The van der Waals surface area contributed by atoms with Gasteiger partial charge in [0.05, 0.1) is 6.04 Å². The fraction of sp³-hybridized carbons (Fsp3) is 0.108. The van der Waals surface area contributed by atoms with Crippen molar-refractivity contribution in [2.45, 2.75) is 25.3 Å². The zero-order valence-corrected chi connectivity index (χ0v) is 22.4. The van der Waals surface area contributed by atoms with E-state index in [1.807, 2.05) is 12.1 Å². The van der Waals surface area contributed by atoms with Crippen LogP contribution in [0.1, 0.15) is 47.7 Å². The highest BCUT2D eigenvalue weighted by Gasteiger charge is 2.24. The van der Waals surface area contributed by atoms with E-state index in [1.165, 1.54) is 27.8 Å². The summed E-state index contributed by atoms with van der Waals surface area (Å²) >= 11 is 0. The number of nitrogens with one attached hydrogen (secondary N) is 1. The summed E-state index contributed by atoms with van der Waals surface area (Å²) in [5, 5.41) is 3.61. The number of amidine groups is 1. The van der Waals surface area contributed by atoms with E-state index >= 15 is 0 Å². The summed E-state index contributed by atoms with van der Waals surface area (Å²) in [4.78, 5) is 5.05. The Balaban J connectivity index is 1.28. The summed E-state index contributed by atoms with van der Waals surface area (Å²) in [5.41, 5.74) is 9.44. The molecule has 0 bridgehead atoms. The van der Waals surface area contributed by atoms with E-state index < -0.39 is 0 Å². The summed E-state index contributed by atoms with van der Waals surface area (Å²) in [6.07, 6.45) is 2.23. The fourth-order valence-corrected chi connectivity index (χ4v) is 5.21. The van der Waals surface area contributed by atoms with Crippen LogP contribution in [0.15, 0.2) is 151 Å². The number of rotatable bonds is 6. The van der Waals surface area contributed by atoms with Crippen LogP contribution in [0, 0.1) is 0 Å². The Morgan fingerprint density at radius 3 is 1.54 bits per heavy atom. The van der Waals surface area contributed by atoms with Gasteiger partial charge in [0.15, 0.2) is 0 Å². The number of hydrogen-bond acceptors (Lipinski definition) is 2. The lowest BCUT2D eigenvalue weighted by atomic mass is 9.77. The van der Waals surface area contributed by atoms with Gasteiger partial charge >= 0.3 is 0 Å². The van der Waals surface area contributed by atoms with Crippen molar-refractivity contribution >= 4 is 11.5 Å². The standard InChI is InChI=1S/C37H32N2/c1-37(2,32-22-18-28(19-23-32)27-12-6-3-7-13-27)33-24-20-30(21-25-33)35-26-34(29-14-8-4-9-15-29)38-36(39-35)31-16-10-5-11-17-31/h3-26,34H,1-2H3,(H,38,39). The zero-order chi connectivity index (χ0) is 26.7. The third kappa shape index (κ3) is 5.19. The van der Waals surface area contributed by atoms with Crippen LogP contribution in [0.4, 0.5) is 0 Å².